The molecular formula is C21H25F2N7O11P2S. The monoisotopic (exact) mass is 683 g/mol. The van der Waals surface area contributed by atoms with E-state index in [9.17, 15) is 28.5 Å². The van der Waals surface area contributed by atoms with Crippen LogP contribution in [0.2, 0.25) is 0 Å². The molecule has 3 aliphatic heterocycles. The van der Waals surface area contributed by atoms with Crippen molar-refractivity contribution in [3.8, 4) is 0 Å². The van der Waals surface area contributed by atoms with Crippen LogP contribution in [0.1, 0.15) is 12.5 Å². The maximum Gasteiger partial charge on any atom is 0.330 e. The Morgan fingerprint density at radius 1 is 1.00 bits per heavy atom. The molecule has 3 saturated heterocycles. The van der Waals surface area contributed by atoms with Crippen LogP contribution in [0, 0.1) is 14.9 Å². The summed E-state index contributed by atoms with van der Waals surface area (Å²) < 4.78 is 84.5. The van der Waals surface area contributed by atoms with E-state index in [0.29, 0.717) is 4.57 Å². The summed E-state index contributed by atoms with van der Waals surface area (Å²) in [6, 6.07) is 0.890. The topological polar surface area (TPSA) is 251 Å². The number of hydrogen-bond acceptors (Lipinski definition) is 16. The van der Waals surface area contributed by atoms with E-state index in [1.54, 1.807) is 0 Å². The standard InChI is InChI=1S/C19H21F2N7O11P2S.2CH3/c20-10-13-7(36-17(10)27-2-1-9(29)26-19(27)30)3-35-40(31,32)38-14-8(4-42-41(33,34)39-13)37-18(11(14)21)28-6-25-12-15(22)23-5-24-16(12)28;;/h1-2,5-8,10-11,13-14,17-18H,3-4H2,(H,31,32)(H,33,34)(H2,22,23,24)(H,26,29,30);2*1H3/q;2*+1/p-2/t7-,8-,10-,11-,13-,14-,17-,18-;;/m1../s1. The molecule has 23 heteroatoms. The van der Waals surface area contributed by atoms with Crippen LogP contribution in [0.5, 0.6) is 0 Å². The van der Waals surface area contributed by atoms with Crippen molar-refractivity contribution in [3.63, 3.8) is 0 Å². The van der Waals surface area contributed by atoms with Gasteiger partial charge in [0.15, 0.2) is 43.1 Å². The lowest BCUT2D eigenvalue weighted by Gasteiger charge is -2.34. The van der Waals surface area contributed by atoms with Crippen LogP contribution in [-0.2, 0) is 32.2 Å². The highest BCUT2D eigenvalue weighted by Crippen LogP contribution is 2.57. The Kier molecular flexibility index (Phi) is 9.68. The number of rotatable bonds is 2. The number of anilines is 1. The predicted octanol–water partition coefficient (Wildman–Crippen LogP) is -0.199. The first-order valence-electron chi connectivity index (χ1n) is 11.9. The number of nitrogens with zero attached hydrogens (tertiary/aromatic N) is 5. The Hall–Kier alpha value is -2.84. The lowest BCUT2D eigenvalue weighted by atomic mass is 10.1. The van der Waals surface area contributed by atoms with Crippen molar-refractivity contribution < 1.29 is 50.7 Å². The summed E-state index contributed by atoms with van der Waals surface area (Å²) in [5.74, 6) is -0.636. The highest BCUT2D eigenvalue weighted by atomic mass is 32.7. The molecule has 2 unspecified atom stereocenters. The van der Waals surface area contributed by atoms with Crippen LogP contribution in [0.3, 0.4) is 0 Å². The third-order valence-electron chi connectivity index (χ3n) is 6.62. The summed E-state index contributed by atoms with van der Waals surface area (Å²) in [7, 11) is -5.38. The van der Waals surface area contributed by atoms with Gasteiger partial charge in [0, 0.05) is 32.9 Å². The first-order valence-corrected chi connectivity index (χ1v) is 16.5. The highest BCUT2D eigenvalue weighted by Gasteiger charge is 2.52. The van der Waals surface area contributed by atoms with Gasteiger partial charge in [0.1, 0.15) is 30.2 Å². The van der Waals surface area contributed by atoms with Crippen LogP contribution in [0.4, 0.5) is 14.6 Å². The van der Waals surface area contributed by atoms with E-state index < -0.39 is 87.4 Å². The number of nitrogens with two attached hydrogens (primary N) is 1. The predicted molar refractivity (Wildman–Crippen MR) is 145 cm³/mol. The summed E-state index contributed by atoms with van der Waals surface area (Å²) in [4.78, 5) is 62.9. The number of aromatic amines is 1. The van der Waals surface area contributed by atoms with Crippen molar-refractivity contribution in [2.75, 3.05) is 18.1 Å². The quantitative estimate of drug-likeness (QED) is 0.262. The van der Waals surface area contributed by atoms with Gasteiger partial charge in [-0.05, 0) is 0 Å². The number of hydrogen-bond donors (Lipinski definition) is 2. The zero-order valence-electron chi connectivity index (χ0n) is 22.7. The van der Waals surface area contributed by atoms with E-state index in [2.05, 4.69) is 15.0 Å². The number of H-pyrrole nitrogens is 1. The normalized spacial score (nSPS) is 37.5. The molecule has 6 rings (SSSR count). The zero-order valence-corrected chi connectivity index (χ0v) is 25.3. The fraction of sp³-hybridized carbons (Fsp3) is 0.476. The minimum atomic E-state index is -5.38. The Balaban J connectivity index is 0.00000221. The number of phosphoric acid groups is 1. The number of aromatic nitrogens is 6. The third-order valence-corrected chi connectivity index (χ3v) is 10.5. The van der Waals surface area contributed by atoms with Gasteiger partial charge in [-0.1, -0.05) is 11.4 Å². The van der Waals surface area contributed by atoms with Crippen molar-refractivity contribution >= 4 is 43.0 Å². The lowest BCUT2D eigenvalue weighted by molar-refractivity contribution is -0.235. The fourth-order valence-corrected chi connectivity index (χ4v) is 8.35. The Labute approximate surface area is 250 Å². The van der Waals surface area contributed by atoms with Gasteiger partial charge < -0.3 is 38.6 Å². The van der Waals surface area contributed by atoms with Crippen LogP contribution >= 0.6 is 26.0 Å². The van der Waals surface area contributed by atoms with Crippen molar-refractivity contribution in [2.24, 2.45) is 0 Å². The summed E-state index contributed by atoms with van der Waals surface area (Å²) in [6.45, 7) is -6.06. The highest BCUT2D eigenvalue weighted by molar-refractivity contribution is 8.54. The van der Waals surface area contributed by atoms with E-state index in [0.717, 1.165) is 29.5 Å². The average Bonchev–Trinajstić information content (AvgIpc) is 3.57. The van der Waals surface area contributed by atoms with Gasteiger partial charge in [-0.25, -0.2) is 28.5 Å². The molecule has 3 aliphatic rings. The largest absolute Gasteiger partial charge is 0.770 e. The van der Waals surface area contributed by atoms with Gasteiger partial charge >= 0.3 is 5.69 Å². The molecule has 0 aromatic carbocycles. The first-order chi connectivity index (χ1) is 19.8. The van der Waals surface area contributed by atoms with Gasteiger partial charge in [0.2, 0.25) is 0 Å². The van der Waals surface area contributed by atoms with Crippen molar-refractivity contribution in [1.29, 1.82) is 0 Å². The molecule has 3 aromatic heterocycles. The van der Waals surface area contributed by atoms with Crippen molar-refractivity contribution in [3.05, 3.63) is 60.6 Å². The molecular weight excluding hydrogens is 658 g/mol. The number of phosphoric ester groups is 1. The lowest BCUT2D eigenvalue weighted by Crippen LogP contribution is -2.38. The molecule has 44 heavy (non-hydrogen) atoms. The number of nitrogen functional groups attached to an aromatic ring is 1. The molecule has 3 fully saturated rings. The van der Waals surface area contributed by atoms with Crippen molar-refractivity contribution in [1.82, 2.24) is 29.1 Å². The summed E-state index contributed by atoms with van der Waals surface area (Å²) in [5.41, 5.74) is 4.05. The number of halogens is 2. The van der Waals surface area contributed by atoms with E-state index in [4.69, 9.17) is 28.8 Å². The molecule has 0 amide bonds. The SMILES string of the molecule is Nc1ncnc2c1ncn2[C@@H]1O[C@@H]2CSP(=O)([O-])O[C@H]3[C@@H](F)[C@H](n4ccc(=O)[nH]c4=O)O[C@@H]3COP(=O)([O-])O[C@H]2[C@H]1F.[CH3+].[CH3+]. The van der Waals surface area contributed by atoms with Crippen molar-refractivity contribution in [2.45, 2.75) is 49.2 Å². The smallest absolute Gasteiger partial charge is 0.330 e. The zero-order chi connectivity index (χ0) is 30.0. The molecule has 240 valence electrons. The Bertz CT molecular complexity index is 1730. The molecule has 18 nitrogen and oxygen atoms in total. The second-order valence-electron chi connectivity index (χ2n) is 9.25. The van der Waals surface area contributed by atoms with Gasteiger partial charge in [-0.15, -0.1) is 0 Å². The number of imidazole rings is 1. The summed E-state index contributed by atoms with van der Waals surface area (Å²) in [6.07, 6.45) is -11.9. The number of ether oxygens (including phenoxy) is 2. The molecule has 0 saturated carbocycles. The molecule has 6 heterocycles. The summed E-state index contributed by atoms with van der Waals surface area (Å²) in [5, 5.41) is 0. The average molecular weight is 683 g/mol. The third kappa shape index (κ3) is 6.30. The van der Waals surface area contributed by atoms with Crippen LogP contribution in [0.15, 0.2) is 34.5 Å². The van der Waals surface area contributed by atoms with Gasteiger partial charge in [-0.2, -0.15) is 0 Å². The molecule has 0 aliphatic carbocycles. The Morgan fingerprint density at radius 3 is 2.36 bits per heavy atom. The fourth-order valence-electron chi connectivity index (χ4n) is 4.73. The molecule has 0 spiro atoms. The maximum atomic E-state index is 15.7. The minimum absolute atomic E-state index is 0. The first kappa shape index (κ1) is 34.0. The Morgan fingerprint density at radius 2 is 1.66 bits per heavy atom. The molecule has 10 atom stereocenters. The maximum absolute atomic E-state index is 15.7. The van der Waals surface area contributed by atoms with E-state index in [1.165, 1.54) is 0 Å². The molecule has 0 bridgehead atoms. The molecule has 3 aromatic rings. The van der Waals surface area contributed by atoms with E-state index in [-0.39, 0.29) is 43.2 Å². The number of fused-ring (bicyclic) bond motifs is 3. The second-order valence-corrected chi connectivity index (χ2v) is 14.4. The minimum Gasteiger partial charge on any atom is -0.770 e. The van der Waals surface area contributed by atoms with Crippen LogP contribution in [0.25, 0.3) is 11.2 Å². The number of nitrogens with one attached hydrogen (secondary N) is 1. The van der Waals surface area contributed by atoms with Gasteiger partial charge in [0.25, 0.3) is 13.4 Å². The summed E-state index contributed by atoms with van der Waals surface area (Å²) >= 11 is 0.0951. The van der Waals surface area contributed by atoms with Crippen LogP contribution in [-0.4, -0.2) is 78.2 Å². The van der Waals surface area contributed by atoms with Gasteiger partial charge in [-0.3, -0.25) is 28.0 Å². The van der Waals surface area contributed by atoms with E-state index in [1.807, 2.05) is 4.98 Å². The van der Waals surface area contributed by atoms with E-state index >= 15 is 8.78 Å². The number of alkyl halides is 2. The molecule has 3 N–H and O–H groups in total. The molecule has 0 radical (unpaired) electrons. The second kappa shape index (κ2) is 12.5. The van der Waals surface area contributed by atoms with Gasteiger partial charge in [0.05, 0.1) is 19.0 Å². The van der Waals surface area contributed by atoms with Crippen LogP contribution < -0.4 is 26.8 Å².